The zero-order valence-electron chi connectivity index (χ0n) is 15.2. The van der Waals surface area contributed by atoms with Gasteiger partial charge in [0.2, 0.25) is 5.89 Å². The van der Waals surface area contributed by atoms with Crippen LogP contribution in [0.4, 0.5) is 0 Å². The van der Waals surface area contributed by atoms with E-state index in [0.29, 0.717) is 12.5 Å². The number of esters is 1. The fourth-order valence-electron chi connectivity index (χ4n) is 2.26. The van der Waals surface area contributed by atoms with Gasteiger partial charge in [0.1, 0.15) is 18.1 Å². The summed E-state index contributed by atoms with van der Waals surface area (Å²) in [5.74, 6) is 1.39. The number of ether oxygens (including phenoxy) is 2. The van der Waals surface area contributed by atoms with Gasteiger partial charge in [0, 0.05) is 12.3 Å². The highest BCUT2D eigenvalue weighted by Gasteiger charge is 2.07. The summed E-state index contributed by atoms with van der Waals surface area (Å²) in [6, 6.07) is 13.1. The Bertz CT molecular complexity index is 896. The molecule has 0 saturated carbocycles. The molecule has 1 aromatic carbocycles. The normalized spacial score (nSPS) is 10.9. The van der Waals surface area contributed by atoms with Gasteiger partial charge in [0.15, 0.2) is 6.61 Å². The maximum Gasteiger partial charge on any atom is 0.331 e. The number of pyridine rings is 1. The molecule has 0 spiro atoms. The van der Waals surface area contributed by atoms with E-state index in [2.05, 4.69) is 9.97 Å². The zero-order chi connectivity index (χ0) is 19.1. The first-order valence-electron chi connectivity index (χ1n) is 8.50. The lowest BCUT2D eigenvalue weighted by Crippen LogP contribution is -2.01. The van der Waals surface area contributed by atoms with Crippen molar-refractivity contribution in [1.82, 2.24) is 9.97 Å². The fraction of sp³-hybridized carbons (Fsp3) is 0.190. The molecule has 0 fully saturated rings. The van der Waals surface area contributed by atoms with E-state index in [0.717, 1.165) is 28.5 Å². The zero-order valence-corrected chi connectivity index (χ0v) is 15.2. The van der Waals surface area contributed by atoms with Crippen LogP contribution in [0.3, 0.4) is 0 Å². The summed E-state index contributed by atoms with van der Waals surface area (Å²) in [7, 11) is 0. The maximum absolute atomic E-state index is 11.8. The maximum atomic E-state index is 11.8. The van der Waals surface area contributed by atoms with Gasteiger partial charge >= 0.3 is 5.97 Å². The molecule has 0 saturated heterocycles. The summed E-state index contributed by atoms with van der Waals surface area (Å²) >= 11 is 0. The largest absolute Gasteiger partial charge is 0.487 e. The van der Waals surface area contributed by atoms with Crippen molar-refractivity contribution in [3.05, 3.63) is 83.3 Å². The number of aromatic nitrogens is 2. The van der Waals surface area contributed by atoms with E-state index in [4.69, 9.17) is 13.9 Å². The molecule has 0 N–H and O–H groups in total. The summed E-state index contributed by atoms with van der Waals surface area (Å²) in [4.78, 5) is 20.2. The van der Waals surface area contributed by atoms with Gasteiger partial charge in [-0.05, 0) is 49.8 Å². The Morgan fingerprint density at radius 2 is 1.93 bits per heavy atom. The quantitative estimate of drug-likeness (QED) is 0.466. The predicted molar refractivity (Wildman–Crippen MR) is 99.8 cm³/mol. The molecule has 0 aliphatic heterocycles. The molecule has 0 unspecified atom stereocenters. The molecule has 3 rings (SSSR count). The monoisotopic (exact) mass is 364 g/mol. The van der Waals surface area contributed by atoms with E-state index in [1.54, 1.807) is 12.3 Å². The van der Waals surface area contributed by atoms with Crippen molar-refractivity contribution < 1.29 is 18.7 Å². The molecule has 0 radical (unpaired) electrons. The van der Waals surface area contributed by atoms with Crippen molar-refractivity contribution in [3.63, 3.8) is 0 Å². The van der Waals surface area contributed by atoms with Gasteiger partial charge < -0.3 is 13.9 Å². The Morgan fingerprint density at radius 1 is 1.11 bits per heavy atom. The van der Waals surface area contributed by atoms with Crippen molar-refractivity contribution in [2.45, 2.75) is 27.1 Å². The van der Waals surface area contributed by atoms with Crippen molar-refractivity contribution in [2.75, 3.05) is 0 Å². The lowest BCUT2D eigenvalue weighted by molar-refractivity contribution is -0.139. The number of benzene rings is 1. The summed E-state index contributed by atoms with van der Waals surface area (Å²) in [5, 5.41) is 0. The summed E-state index contributed by atoms with van der Waals surface area (Å²) in [5.41, 5.74) is 2.52. The van der Waals surface area contributed by atoms with Gasteiger partial charge in [-0.25, -0.2) is 9.78 Å². The van der Waals surface area contributed by atoms with E-state index < -0.39 is 5.97 Å². The fourth-order valence-corrected chi connectivity index (χ4v) is 2.26. The molecule has 0 bridgehead atoms. The van der Waals surface area contributed by atoms with Gasteiger partial charge in [-0.3, -0.25) is 4.98 Å². The number of hydrogen-bond donors (Lipinski definition) is 0. The van der Waals surface area contributed by atoms with Crippen LogP contribution >= 0.6 is 0 Å². The minimum atomic E-state index is -0.459. The van der Waals surface area contributed by atoms with Gasteiger partial charge in [0.05, 0.1) is 11.4 Å². The van der Waals surface area contributed by atoms with Crippen molar-refractivity contribution >= 4 is 12.0 Å². The number of oxazole rings is 1. The predicted octanol–water partition coefficient (Wildman–Crippen LogP) is 4.02. The standard InChI is InChI=1S/C21H20N2O4/c1-15-16(2)27-20(23-15)14-26-21(24)11-8-17-6-9-19(10-7-17)25-13-18-5-3-4-12-22-18/h3-12H,13-14H2,1-2H3/b11-8+. The summed E-state index contributed by atoms with van der Waals surface area (Å²) in [6.07, 6.45) is 4.78. The SMILES string of the molecule is Cc1nc(COC(=O)/C=C/c2ccc(OCc3ccccn3)cc2)oc1C. The second-order valence-electron chi connectivity index (χ2n) is 5.87. The number of nitrogens with zero attached hydrogens (tertiary/aromatic N) is 2. The van der Waals surface area contributed by atoms with Crippen LogP contribution in [0.2, 0.25) is 0 Å². The molecule has 2 aromatic heterocycles. The highest BCUT2D eigenvalue weighted by Crippen LogP contribution is 2.15. The third-order valence-corrected chi connectivity index (χ3v) is 3.82. The first-order valence-corrected chi connectivity index (χ1v) is 8.50. The lowest BCUT2D eigenvalue weighted by atomic mass is 10.2. The minimum absolute atomic E-state index is 0.0121. The molecular formula is C21H20N2O4. The first kappa shape index (κ1) is 18.4. The molecule has 0 aliphatic rings. The lowest BCUT2D eigenvalue weighted by Gasteiger charge is -2.05. The van der Waals surface area contributed by atoms with Crippen molar-refractivity contribution in [1.29, 1.82) is 0 Å². The Hall–Kier alpha value is -3.41. The molecule has 0 atom stereocenters. The van der Waals surface area contributed by atoms with E-state index in [1.165, 1.54) is 6.08 Å². The third kappa shape index (κ3) is 5.54. The van der Waals surface area contributed by atoms with E-state index in [1.807, 2.05) is 56.3 Å². The van der Waals surface area contributed by atoms with Crippen LogP contribution < -0.4 is 4.74 Å². The van der Waals surface area contributed by atoms with Gasteiger partial charge in [-0.1, -0.05) is 18.2 Å². The van der Waals surface area contributed by atoms with Crippen LogP contribution in [0.25, 0.3) is 6.08 Å². The number of aryl methyl sites for hydroxylation is 2. The van der Waals surface area contributed by atoms with Crippen molar-refractivity contribution in [3.8, 4) is 5.75 Å². The van der Waals surface area contributed by atoms with Crippen LogP contribution in [0, 0.1) is 13.8 Å². The third-order valence-electron chi connectivity index (χ3n) is 3.82. The average molecular weight is 364 g/mol. The number of hydrogen-bond acceptors (Lipinski definition) is 6. The summed E-state index contributed by atoms with van der Waals surface area (Å²) in [6.45, 7) is 4.07. The van der Waals surface area contributed by atoms with Crippen molar-refractivity contribution in [2.24, 2.45) is 0 Å². The van der Waals surface area contributed by atoms with Crippen LogP contribution in [-0.2, 0) is 22.7 Å². The molecule has 6 nitrogen and oxygen atoms in total. The Kier molecular flexibility index (Phi) is 5.99. The molecule has 0 aliphatic carbocycles. The van der Waals surface area contributed by atoms with Gasteiger partial charge in [-0.2, -0.15) is 0 Å². The topological polar surface area (TPSA) is 74.5 Å². The van der Waals surface area contributed by atoms with Crippen LogP contribution in [0.1, 0.15) is 28.6 Å². The molecule has 3 aromatic rings. The van der Waals surface area contributed by atoms with E-state index >= 15 is 0 Å². The summed E-state index contributed by atoms with van der Waals surface area (Å²) < 4.78 is 16.2. The Morgan fingerprint density at radius 3 is 2.59 bits per heavy atom. The number of carbonyl (C=O) groups excluding carboxylic acids is 1. The smallest absolute Gasteiger partial charge is 0.331 e. The highest BCUT2D eigenvalue weighted by atomic mass is 16.5. The van der Waals surface area contributed by atoms with Gasteiger partial charge in [-0.15, -0.1) is 0 Å². The Labute approximate surface area is 157 Å². The average Bonchev–Trinajstić information content (AvgIpc) is 3.02. The minimum Gasteiger partial charge on any atom is -0.487 e. The first-order chi connectivity index (χ1) is 13.1. The van der Waals surface area contributed by atoms with E-state index in [9.17, 15) is 4.79 Å². The highest BCUT2D eigenvalue weighted by molar-refractivity contribution is 5.87. The molecule has 138 valence electrons. The molecule has 27 heavy (non-hydrogen) atoms. The van der Waals surface area contributed by atoms with Gasteiger partial charge in [0.25, 0.3) is 0 Å². The molecule has 0 amide bonds. The van der Waals surface area contributed by atoms with Crippen LogP contribution in [0.5, 0.6) is 5.75 Å². The second-order valence-corrected chi connectivity index (χ2v) is 5.87. The van der Waals surface area contributed by atoms with Crippen LogP contribution in [-0.4, -0.2) is 15.9 Å². The molecule has 2 heterocycles. The van der Waals surface area contributed by atoms with Crippen LogP contribution in [0.15, 0.2) is 59.2 Å². The second kappa shape index (κ2) is 8.80. The van der Waals surface area contributed by atoms with E-state index in [-0.39, 0.29) is 6.61 Å². The molecular weight excluding hydrogens is 344 g/mol. The Balaban J connectivity index is 1.47. The molecule has 6 heteroatoms. The number of carbonyl (C=O) groups is 1. The number of rotatable bonds is 7.